The summed E-state index contributed by atoms with van der Waals surface area (Å²) in [5.74, 6) is 0.200. The smallest absolute Gasteiger partial charge is 0.256 e. The van der Waals surface area contributed by atoms with Crippen molar-refractivity contribution in [1.29, 1.82) is 0 Å². The van der Waals surface area contributed by atoms with Gasteiger partial charge in [0.25, 0.3) is 23.6 Å². The molecule has 3 atom stereocenters. The molecule has 12 aliphatic rings. The summed E-state index contributed by atoms with van der Waals surface area (Å²) in [6, 6.07) is 40.0. The largest absolute Gasteiger partial charge is 0.511 e. The number of ether oxygens (including phenoxy) is 7. The van der Waals surface area contributed by atoms with Crippen molar-refractivity contribution in [3.63, 3.8) is 0 Å². The number of nitrogens with one attached hydrogen (secondary N) is 5. The van der Waals surface area contributed by atoms with Crippen LogP contribution in [0.3, 0.4) is 0 Å². The number of aliphatic hydroxyl groups excluding tert-OH is 7. The number of amides is 4. The Morgan fingerprint density at radius 1 is 0.364 bits per heavy atom. The zero-order chi connectivity index (χ0) is 103. The van der Waals surface area contributed by atoms with E-state index >= 15 is 0 Å². The van der Waals surface area contributed by atoms with Crippen LogP contribution in [-0.4, -0.2) is 178 Å². The van der Waals surface area contributed by atoms with E-state index in [1.165, 1.54) is 5.56 Å². The number of benzene rings is 8. The number of rotatable bonds is 11. The molecule has 12 N–H and O–H groups in total. The lowest BCUT2D eigenvalue weighted by atomic mass is 9.71. The molecule has 3 saturated carbocycles. The highest BCUT2D eigenvalue weighted by Gasteiger charge is 2.56. The minimum Gasteiger partial charge on any atom is -0.511 e. The van der Waals surface area contributed by atoms with E-state index in [1.54, 1.807) is 47.3 Å². The fraction of sp³-hybridized carbons (Fsp3) is 0.430. The monoisotopic (exact) mass is 2050 g/mol. The molecule has 0 radical (unpaired) electrons. The first-order valence-corrected chi connectivity index (χ1v) is 50.8. The quantitative estimate of drug-likeness (QED) is 0.0572. The Labute approximate surface area is 861 Å². The SMILES string of the molecule is CO[C@@H]1CCC[C@@]2(CC(=O)C(c3c(C)cc(C)cc3C)=C2O)C1.COc1cc(Cl)cc(C)c1C1=C(O)C2(CCC(OC)CC2)NC1O.Cc1cc(Cl)cc(C)c1C1=C(O)C2(CCC3(CC2)OCCO3)NC1=O.Cc1cc(Cl)cc(C)c1C1=C(O)C2(CCOCC2)NC1=O.Cc1ccc(-c2ccc(Cl)cc2)c(C)c1C1=C(O)C2(CCOCC2)NC1=O.Cc1ccc(-c2ccc(Cl)cc2)cc1C1=C(O)C(C)(C)NC1=O. The lowest BCUT2D eigenvalue weighted by molar-refractivity contribution is -0.185. The average molecular weight is 2050 g/mol. The first-order valence-electron chi connectivity index (χ1n) is 48.9. The van der Waals surface area contributed by atoms with Crippen LogP contribution in [0.1, 0.15) is 218 Å². The zero-order valence-electron chi connectivity index (χ0n) is 84.0. The number of methoxy groups -OCH3 is 3. The molecule has 760 valence electrons. The van der Waals surface area contributed by atoms with E-state index in [4.69, 9.17) is 91.2 Å². The standard InChI is InChI=1S/C22H22ClNO3.C20H26O3.C19H22ClNO4.C19H18ClNO2.C18H24ClNO4.C16H18ClNO3/c1-13-3-8-17(15-4-6-16(23)7-5-15)14(2)18(13)19-20(25)22(24-21(19)26)9-11-27-12-10-22;1-12-8-13(2)17(14(3)9-12)18-16(21)11-20(19(18)22)7-5-6-15(10-20)23-4;1-11-9-13(20)10-12(2)14(11)15-16(22)18(21-17(15)23)3-5-19(6-4-18)24-7-8-25-19;1-11-4-5-13(12-6-8-14(20)9-7-12)10-15(11)16-17(22)19(2,3)21-18(16)23;1-10-8-11(19)9-13(24-3)14(10)15-16(21)18(20-17(15)22)6-4-12(23-2)5-7-18;1-9-7-11(17)8-10(2)12(9)13-14(19)16(18-15(13)20)3-5-21-6-4-16/h3-8,25H,9-12H2,1-2H3,(H,24,26);8-9,15,22H,5-7,10-11H2,1-4H3;9-10,22H,3-8H2,1-2H3,(H,21,23);4-10,22H,1-3H3,(H,21,23);8-9,12,17,20-22H,4-7H2,1-3H3;7-8,19H,3-6H2,1-2H3,(H,18,20)/t;15-,20+;;;;/m.1..../s1. The third-order valence-electron chi connectivity index (χ3n) is 30.8. The topological polar surface area (TPSA) is 352 Å². The summed E-state index contributed by atoms with van der Waals surface area (Å²) in [7, 11) is 4.99. The predicted molar refractivity (Wildman–Crippen MR) is 561 cm³/mol. The number of aliphatic hydroxyl groups is 7. The number of aryl methyl sites for hydroxylation is 10. The van der Waals surface area contributed by atoms with Crippen molar-refractivity contribution in [2.24, 2.45) is 5.41 Å². The van der Waals surface area contributed by atoms with Gasteiger partial charge in [0.05, 0.1) is 77.0 Å². The molecule has 8 heterocycles. The van der Waals surface area contributed by atoms with Crippen molar-refractivity contribution in [2.45, 2.75) is 251 Å². The third-order valence-corrected chi connectivity index (χ3v) is 31.9. The molecule has 4 amide bonds. The number of halogens is 5. The molecule has 0 aromatic heterocycles. The highest BCUT2D eigenvalue weighted by atomic mass is 35.5. The van der Waals surface area contributed by atoms with Crippen molar-refractivity contribution >= 4 is 121 Å². The molecule has 8 aromatic carbocycles. The Morgan fingerprint density at radius 3 is 1.26 bits per heavy atom. The van der Waals surface area contributed by atoms with Gasteiger partial charge in [-0.2, -0.15) is 0 Å². The minimum atomic E-state index is -0.946. The molecule has 8 aromatic rings. The Hall–Kier alpha value is -10.5. The number of allylic oxidation sites excluding steroid dienone is 2. The highest BCUT2D eigenvalue weighted by Crippen LogP contribution is 2.56. The Kier molecular flexibility index (Phi) is 32.0. The van der Waals surface area contributed by atoms with Crippen LogP contribution in [0.25, 0.3) is 55.7 Å². The number of hydrogen-bond acceptors (Lipinski definition) is 20. The molecule has 6 spiro atoms. The van der Waals surface area contributed by atoms with Crippen molar-refractivity contribution in [3.05, 3.63) is 282 Å². The van der Waals surface area contributed by atoms with Crippen molar-refractivity contribution < 1.29 is 92.9 Å². The summed E-state index contributed by atoms with van der Waals surface area (Å²) < 4.78 is 38.7. The van der Waals surface area contributed by atoms with Gasteiger partial charge in [-0.25, -0.2) is 0 Å². The number of carbonyl (C=O) groups excluding carboxylic acids is 5. The molecule has 29 heteroatoms. The number of carbonyl (C=O) groups is 5. The Bertz CT molecular complexity index is 6460. The molecule has 4 aliphatic carbocycles. The molecule has 0 bridgehead atoms. The molecular formula is C114H130Cl5N5O19. The summed E-state index contributed by atoms with van der Waals surface area (Å²) in [5, 5.41) is 94.1. The fourth-order valence-electron chi connectivity index (χ4n) is 23.3. The predicted octanol–water partition coefficient (Wildman–Crippen LogP) is 23.0. The van der Waals surface area contributed by atoms with E-state index in [1.807, 2.05) is 172 Å². The Morgan fingerprint density at radius 2 is 0.790 bits per heavy atom. The van der Waals surface area contributed by atoms with E-state index < -0.39 is 45.1 Å². The molecule has 3 saturated heterocycles. The number of Topliss-reactive ketones (excluding diaryl/α,β-unsaturated/α-hetero) is 1. The second kappa shape index (κ2) is 42.9. The molecule has 6 fully saturated rings. The van der Waals surface area contributed by atoms with E-state index in [2.05, 4.69) is 45.6 Å². The van der Waals surface area contributed by atoms with Gasteiger partial charge in [-0.1, -0.05) is 124 Å². The lowest BCUT2D eigenvalue weighted by Crippen LogP contribution is -2.51. The molecule has 143 heavy (non-hydrogen) atoms. The molecular weight excluding hydrogens is 1920 g/mol. The maximum Gasteiger partial charge on any atom is 0.256 e. The van der Waals surface area contributed by atoms with Gasteiger partial charge in [-0.15, -0.1) is 0 Å². The van der Waals surface area contributed by atoms with Gasteiger partial charge in [-0.05, 0) is 327 Å². The van der Waals surface area contributed by atoms with Crippen molar-refractivity contribution in [1.82, 2.24) is 26.6 Å². The van der Waals surface area contributed by atoms with E-state index in [9.17, 15) is 59.7 Å². The summed E-state index contributed by atoms with van der Waals surface area (Å²) in [6.07, 6.45) is 11.4. The van der Waals surface area contributed by atoms with Crippen molar-refractivity contribution in [3.8, 4) is 28.0 Å². The summed E-state index contributed by atoms with van der Waals surface area (Å²) in [4.78, 5) is 63.1. The fourth-order valence-corrected chi connectivity index (χ4v) is 24.4. The first kappa shape index (κ1) is 107. The molecule has 1 unspecified atom stereocenters. The Balaban J connectivity index is 0.000000129. The van der Waals surface area contributed by atoms with Crippen LogP contribution in [0.15, 0.2) is 162 Å². The molecule has 20 rings (SSSR count). The van der Waals surface area contributed by atoms with Gasteiger partial charge < -0.3 is 90.2 Å². The second-order valence-corrected chi connectivity index (χ2v) is 42.9. The summed E-state index contributed by atoms with van der Waals surface area (Å²) in [6.45, 7) is 28.4. The normalized spacial score (nSPS) is 22.1. The van der Waals surface area contributed by atoms with Crippen LogP contribution in [0, 0.1) is 81.6 Å². The van der Waals surface area contributed by atoms with Crippen LogP contribution in [0.2, 0.25) is 25.1 Å². The first-order chi connectivity index (χ1) is 67.8. The van der Waals surface area contributed by atoms with Gasteiger partial charge in [0, 0.05) is 127 Å². The summed E-state index contributed by atoms with van der Waals surface area (Å²) >= 11 is 30.2. The summed E-state index contributed by atoms with van der Waals surface area (Å²) in [5.41, 5.74) is 18.0. The van der Waals surface area contributed by atoms with Gasteiger partial charge >= 0.3 is 0 Å². The van der Waals surface area contributed by atoms with Gasteiger partial charge in [-0.3, -0.25) is 29.3 Å². The molecule has 8 aliphatic heterocycles. The maximum atomic E-state index is 12.9. The highest BCUT2D eigenvalue weighted by molar-refractivity contribution is 6.33. The van der Waals surface area contributed by atoms with Crippen LogP contribution >= 0.6 is 58.0 Å². The average Bonchev–Trinajstić information content (AvgIpc) is 1.58. The molecule has 24 nitrogen and oxygen atoms in total. The van der Waals surface area contributed by atoms with E-state index in [0.29, 0.717) is 186 Å². The van der Waals surface area contributed by atoms with Gasteiger partial charge in [0.2, 0.25) is 0 Å². The second-order valence-electron chi connectivity index (χ2n) is 40.7. The third kappa shape index (κ3) is 21.2. The lowest BCUT2D eigenvalue weighted by Gasteiger charge is -2.41. The van der Waals surface area contributed by atoms with Crippen LogP contribution in [0.4, 0.5) is 0 Å². The van der Waals surface area contributed by atoms with Crippen LogP contribution in [0.5, 0.6) is 5.75 Å². The number of hydrogen-bond donors (Lipinski definition) is 12. The van der Waals surface area contributed by atoms with Crippen LogP contribution < -0.4 is 31.3 Å². The van der Waals surface area contributed by atoms with Crippen LogP contribution in [-0.2, 0) is 52.4 Å². The maximum absolute atomic E-state index is 12.9. The number of ketones is 1. The van der Waals surface area contributed by atoms with Crippen molar-refractivity contribution in [2.75, 3.05) is 61.0 Å². The minimum absolute atomic E-state index is 0.0781. The van der Waals surface area contributed by atoms with E-state index in [0.717, 1.165) is 144 Å². The zero-order valence-corrected chi connectivity index (χ0v) is 87.8. The van der Waals surface area contributed by atoms with E-state index in [-0.39, 0.29) is 70.4 Å². The van der Waals surface area contributed by atoms with Gasteiger partial charge in [0.15, 0.2) is 11.6 Å². The van der Waals surface area contributed by atoms with Gasteiger partial charge in [0.1, 0.15) is 57.6 Å².